The van der Waals surface area contributed by atoms with Gasteiger partial charge >= 0.3 is 0 Å². The van der Waals surface area contributed by atoms with Crippen LogP contribution >= 0.6 is 0 Å². The highest BCUT2D eigenvalue weighted by Gasteiger charge is 2.17. The second-order valence-corrected chi connectivity index (χ2v) is 6.26. The smallest absolute Gasteiger partial charge is 0.232 e. The molecule has 0 spiro atoms. The monoisotopic (exact) mass is 330 g/mol. The SMILES string of the molecule is CCOc1nc(Nc2cnn(CC(C)(C)O)c2C)nc2[nH]ccc12. The lowest BCUT2D eigenvalue weighted by atomic mass is 10.1. The van der Waals surface area contributed by atoms with E-state index in [-0.39, 0.29) is 0 Å². The molecule has 3 N–H and O–H groups in total. The van der Waals surface area contributed by atoms with E-state index >= 15 is 0 Å². The van der Waals surface area contributed by atoms with Gasteiger partial charge in [0.25, 0.3) is 0 Å². The Kier molecular flexibility index (Phi) is 4.15. The second kappa shape index (κ2) is 6.12. The van der Waals surface area contributed by atoms with Crippen LogP contribution in [0.3, 0.4) is 0 Å². The molecule has 3 rings (SSSR count). The van der Waals surface area contributed by atoms with Crippen LogP contribution in [-0.2, 0) is 6.54 Å². The third-order valence-electron chi connectivity index (χ3n) is 3.55. The maximum Gasteiger partial charge on any atom is 0.232 e. The van der Waals surface area contributed by atoms with Crippen LogP contribution in [-0.4, -0.2) is 42.0 Å². The Morgan fingerprint density at radius 3 is 2.88 bits per heavy atom. The first-order valence-corrected chi connectivity index (χ1v) is 7.87. The summed E-state index contributed by atoms with van der Waals surface area (Å²) in [4.78, 5) is 12.0. The van der Waals surface area contributed by atoms with Crippen LogP contribution in [0.2, 0.25) is 0 Å². The molecule has 24 heavy (non-hydrogen) atoms. The van der Waals surface area contributed by atoms with Crippen molar-refractivity contribution in [2.45, 2.75) is 39.8 Å². The molecule has 0 saturated carbocycles. The minimum atomic E-state index is -0.837. The number of nitrogens with zero attached hydrogens (tertiary/aromatic N) is 4. The van der Waals surface area contributed by atoms with Crippen LogP contribution in [0, 0.1) is 6.92 Å². The van der Waals surface area contributed by atoms with E-state index in [0.29, 0.717) is 30.6 Å². The topological polar surface area (TPSA) is 101 Å². The van der Waals surface area contributed by atoms with Crippen molar-refractivity contribution >= 4 is 22.7 Å². The van der Waals surface area contributed by atoms with Crippen molar-refractivity contribution in [1.82, 2.24) is 24.7 Å². The maximum absolute atomic E-state index is 9.96. The van der Waals surface area contributed by atoms with E-state index in [0.717, 1.165) is 16.8 Å². The van der Waals surface area contributed by atoms with Crippen LogP contribution in [0.1, 0.15) is 26.5 Å². The first kappa shape index (κ1) is 16.3. The highest BCUT2D eigenvalue weighted by atomic mass is 16.5. The van der Waals surface area contributed by atoms with E-state index in [2.05, 4.69) is 25.4 Å². The first-order valence-electron chi connectivity index (χ1n) is 7.87. The van der Waals surface area contributed by atoms with Gasteiger partial charge < -0.3 is 20.1 Å². The molecule has 0 bridgehead atoms. The number of nitrogens with one attached hydrogen (secondary N) is 2. The van der Waals surface area contributed by atoms with Gasteiger partial charge in [-0.3, -0.25) is 4.68 Å². The van der Waals surface area contributed by atoms with Crippen molar-refractivity contribution in [2.24, 2.45) is 0 Å². The fourth-order valence-corrected chi connectivity index (χ4v) is 2.43. The molecule has 0 atom stereocenters. The molecule has 3 heterocycles. The van der Waals surface area contributed by atoms with E-state index in [9.17, 15) is 5.11 Å². The molecular formula is C16H22N6O2. The summed E-state index contributed by atoms with van der Waals surface area (Å²) >= 11 is 0. The predicted octanol–water partition coefficient (Wildman–Crippen LogP) is 2.38. The van der Waals surface area contributed by atoms with Gasteiger partial charge in [-0.25, -0.2) is 0 Å². The van der Waals surface area contributed by atoms with E-state index in [1.54, 1.807) is 30.9 Å². The van der Waals surface area contributed by atoms with Gasteiger partial charge in [0.05, 0.1) is 41.7 Å². The lowest BCUT2D eigenvalue weighted by Crippen LogP contribution is -2.27. The number of aromatic amines is 1. The molecule has 0 saturated heterocycles. The molecule has 0 amide bonds. The average Bonchev–Trinajstić information content (AvgIpc) is 3.08. The Morgan fingerprint density at radius 1 is 1.38 bits per heavy atom. The molecule has 128 valence electrons. The average molecular weight is 330 g/mol. The number of hydrogen-bond acceptors (Lipinski definition) is 6. The molecule has 0 aliphatic carbocycles. The molecule has 0 aliphatic rings. The Morgan fingerprint density at radius 2 is 2.17 bits per heavy atom. The van der Waals surface area contributed by atoms with Gasteiger partial charge in [0, 0.05) is 6.20 Å². The van der Waals surface area contributed by atoms with Gasteiger partial charge in [0.1, 0.15) is 5.65 Å². The van der Waals surface area contributed by atoms with E-state index in [1.807, 2.05) is 19.9 Å². The molecular weight excluding hydrogens is 308 g/mol. The zero-order chi connectivity index (χ0) is 17.3. The summed E-state index contributed by atoms with van der Waals surface area (Å²) in [6.45, 7) is 8.27. The number of ether oxygens (including phenoxy) is 1. The highest BCUT2D eigenvalue weighted by molar-refractivity contribution is 5.82. The molecule has 3 aromatic rings. The largest absolute Gasteiger partial charge is 0.477 e. The molecule has 8 nitrogen and oxygen atoms in total. The molecule has 0 unspecified atom stereocenters. The first-order chi connectivity index (χ1) is 11.4. The number of H-pyrrole nitrogens is 1. The summed E-state index contributed by atoms with van der Waals surface area (Å²) in [6, 6.07) is 1.89. The van der Waals surface area contributed by atoms with Gasteiger partial charge in [-0.05, 0) is 33.8 Å². The lowest BCUT2D eigenvalue weighted by Gasteiger charge is -2.18. The Bertz CT molecular complexity index is 846. The Balaban J connectivity index is 1.90. The quantitative estimate of drug-likeness (QED) is 0.641. The summed E-state index contributed by atoms with van der Waals surface area (Å²) in [5, 5.41) is 18.3. The number of anilines is 2. The van der Waals surface area contributed by atoms with Crippen LogP contribution in [0.5, 0.6) is 5.88 Å². The van der Waals surface area contributed by atoms with E-state index < -0.39 is 5.60 Å². The summed E-state index contributed by atoms with van der Waals surface area (Å²) in [5.74, 6) is 0.965. The molecule has 0 fully saturated rings. The third kappa shape index (κ3) is 3.33. The van der Waals surface area contributed by atoms with Gasteiger partial charge in [-0.15, -0.1) is 0 Å². The standard InChI is InChI=1S/C16H22N6O2/c1-5-24-14-11-6-7-17-13(11)20-15(21-14)19-12-8-18-22(10(12)2)9-16(3,4)23/h6-8,23H,5,9H2,1-4H3,(H2,17,19,20,21). The number of rotatable bonds is 6. The third-order valence-corrected chi connectivity index (χ3v) is 3.55. The van der Waals surface area contributed by atoms with E-state index in [4.69, 9.17) is 4.74 Å². The number of hydrogen-bond donors (Lipinski definition) is 3. The molecule has 8 heteroatoms. The fraction of sp³-hybridized carbons (Fsp3) is 0.438. The number of aliphatic hydroxyl groups is 1. The van der Waals surface area contributed by atoms with Crippen molar-refractivity contribution in [3.05, 3.63) is 24.2 Å². The summed E-state index contributed by atoms with van der Waals surface area (Å²) in [7, 11) is 0. The van der Waals surface area contributed by atoms with Crippen molar-refractivity contribution in [3.8, 4) is 5.88 Å². The maximum atomic E-state index is 9.96. The second-order valence-electron chi connectivity index (χ2n) is 6.26. The van der Waals surface area contributed by atoms with Gasteiger partial charge in [0.15, 0.2) is 0 Å². The molecule has 0 aromatic carbocycles. The summed E-state index contributed by atoms with van der Waals surface area (Å²) in [5.41, 5.74) is 1.55. The van der Waals surface area contributed by atoms with Crippen LogP contribution < -0.4 is 10.1 Å². The van der Waals surface area contributed by atoms with Gasteiger partial charge in [-0.1, -0.05) is 0 Å². The Hall–Kier alpha value is -2.61. The minimum Gasteiger partial charge on any atom is -0.477 e. The zero-order valence-corrected chi connectivity index (χ0v) is 14.3. The van der Waals surface area contributed by atoms with Crippen LogP contribution in [0.15, 0.2) is 18.5 Å². The van der Waals surface area contributed by atoms with E-state index in [1.165, 1.54) is 0 Å². The number of fused-ring (bicyclic) bond motifs is 1. The van der Waals surface area contributed by atoms with Crippen molar-refractivity contribution in [1.29, 1.82) is 0 Å². The number of aromatic nitrogens is 5. The minimum absolute atomic E-state index is 0.404. The summed E-state index contributed by atoms with van der Waals surface area (Å²) in [6.07, 6.45) is 3.50. The van der Waals surface area contributed by atoms with Crippen molar-refractivity contribution in [3.63, 3.8) is 0 Å². The fourth-order valence-electron chi connectivity index (χ4n) is 2.43. The Labute approximate surface area is 139 Å². The van der Waals surface area contributed by atoms with Gasteiger partial charge in [-0.2, -0.15) is 15.1 Å². The van der Waals surface area contributed by atoms with Gasteiger partial charge in [0.2, 0.25) is 11.8 Å². The zero-order valence-electron chi connectivity index (χ0n) is 14.3. The van der Waals surface area contributed by atoms with Crippen molar-refractivity contribution in [2.75, 3.05) is 11.9 Å². The highest BCUT2D eigenvalue weighted by Crippen LogP contribution is 2.26. The lowest BCUT2D eigenvalue weighted by molar-refractivity contribution is 0.0571. The molecule has 0 radical (unpaired) electrons. The summed E-state index contributed by atoms with van der Waals surface area (Å²) < 4.78 is 7.34. The van der Waals surface area contributed by atoms with Crippen LogP contribution in [0.4, 0.5) is 11.6 Å². The van der Waals surface area contributed by atoms with Crippen molar-refractivity contribution < 1.29 is 9.84 Å². The predicted molar refractivity (Wildman–Crippen MR) is 91.6 cm³/mol. The molecule has 0 aliphatic heterocycles. The normalized spacial score (nSPS) is 11.9. The molecule has 3 aromatic heterocycles. The van der Waals surface area contributed by atoms with Crippen LogP contribution in [0.25, 0.3) is 11.0 Å².